The fourth-order valence-electron chi connectivity index (χ4n) is 3.81. The molecule has 0 unspecified atom stereocenters. The molecule has 1 aliphatic rings. The Morgan fingerprint density at radius 1 is 0.767 bits per heavy atom. The minimum atomic E-state index is -0.103. The van der Waals surface area contributed by atoms with E-state index in [0.29, 0.717) is 13.1 Å². The molecule has 30 heavy (non-hydrogen) atoms. The van der Waals surface area contributed by atoms with Crippen molar-refractivity contribution in [3.8, 4) is 11.8 Å². The van der Waals surface area contributed by atoms with Crippen molar-refractivity contribution in [1.29, 1.82) is 0 Å². The van der Waals surface area contributed by atoms with Gasteiger partial charge in [0, 0.05) is 42.1 Å². The highest BCUT2D eigenvalue weighted by Gasteiger charge is 2.27. The van der Waals surface area contributed by atoms with Crippen molar-refractivity contribution in [2.75, 3.05) is 26.2 Å². The van der Waals surface area contributed by atoms with Crippen molar-refractivity contribution >= 4 is 21.8 Å². The molecule has 0 aliphatic carbocycles. The van der Waals surface area contributed by atoms with Gasteiger partial charge in [-0.1, -0.05) is 82.5 Å². The molecule has 0 spiro atoms. The summed E-state index contributed by atoms with van der Waals surface area (Å²) in [5.41, 5.74) is 3.40. The summed E-state index contributed by atoms with van der Waals surface area (Å²) in [6.07, 6.45) is 0. The molecule has 3 aromatic rings. The molecular formula is C26H23BrN2O. The minimum absolute atomic E-state index is 0.103. The standard InChI is InChI=1S/C26H23BrN2O/c27-24-14-11-21(12-15-24)13-16-25(30)28-17-19-29(20-18-28)26(22-7-3-1-4-8-22)23-9-5-2-6-10-23/h1-12,14-15,26H,17-20H2. The molecule has 4 heteroatoms. The molecule has 4 rings (SSSR count). The maximum Gasteiger partial charge on any atom is 0.298 e. The van der Waals surface area contributed by atoms with E-state index in [-0.39, 0.29) is 11.9 Å². The topological polar surface area (TPSA) is 23.6 Å². The van der Waals surface area contributed by atoms with Gasteiger partial charge in [0.05, 0.1) is 6.04 Å². The number of hydrogen-bond acceptors (Lipinski definition) is 2. The first-order chi connectivity index (χ1) is 14.7. The molecular weight excluding hydrogens is 436 g/mol. The van der Waals surface area contributed by atoms with E-state index in [1.807, 2.05) is 41.3 Å². The summed E-state index contributed by atoms with van der Waals surface area (Å²) in [5, 5.41) is 0. The molecule has 1 heterocycles. The predicted octanol–water partition coefficient (Wildman–Crippen LogP) is 4.73. The molecule has 1 aliphatic heterocycles. The molecule has 0 N–H and O–H groups in total. The predicted molar refractivity (Wildman–Crippen MR) is 124 cm³/mol. The number of rotatable bonds is 3. The van der Waals surface area contributed by atoms with Crippen LogP contribution in [0.2, 0.25) is 0 Å². The molecule has 150 valence electrons. The average Bonchev–Trinajstić information content (AvgIpc) is 2.81. The third kappa shape index (κ3) is 4.99. The number of benzene rings is 3. The van der Waals surface area contributed by atoms with E-state index in [1.54, 1.807) is 0 Å². The molecule has 3 aromatic carbocycles. The summed E-state index contributed by atoms with van der Waals surface area (Å²) in [7, 11) is 0. The Hall–Kier alpha value is -2.87. The third-order valence-corrected chi connectivity index (χ3v) is 5.88. The maximum absolute atomic E-state index is 12.6. The largest absolute Gasteiger partial charge is 0.329 e. The van der Waals surface area contributed by atoms with Crippen LogP contribution < -0.4 is 0 Å². The second-order valence-corrected chi connectivity index (χ2v) is 8.22. The molecule has 0 bridgehead atoms. The average molecular weight is 459 g/mol. The summed E-state index contributed by atoms with van der Waals surface area (Å²) in [5.74, 6) is 5.67. The van der Waals surface area contributed by atoms with Crippen LogP contribution in [0.15, 0.2) is 89.4 Å². The summed E-state index contributed by atoms with van der Waals surface area (Å²) >= 11 is 3.41. The Balaban J connectivity index is 1.45. The van der Waals surface area contributed by atoms with E-state index in [1.165, 1.54) is 11.1 Å². The van der Waals surface area contributed by atoms with Gasteiger partial charge in [0.15, 0.2) is 0 Å². The van der Waals surface area contributed by atoms with Gasteiger partial charge in [-0.05, 0) is 35.4 Å². The SMILES string of the molecule is O=C(C#Cc1ccc(Br)cc1)N1CCN(C(c2ccccc2)c2ccccc2)CC1. The van der Waals surface area contributed by atoms with Crippen molar-refractivity contribution < 1.29 is 4.79 Å². The third-order valence-electron chi connectivity index (χ3n) is 5.36. The summed E-state index contributed by atoms with van der Waals surface area (Å²) < 4.78 is 1.00. The zero-order chi connectivity index (χ0) is 20.8. The Bertz CT molecular complexity index is 992. The molecule has 1 fully saturated rings. The summed E-state index contributed by atoms with van der Waals surface area (Å²) in [6.45, 7) is 3.01. The lowest BCUT2D eigenvalue weighted by Gasteiger charge is -2.39. The summed E-state index contributed by atoms with van der Waals surface area (Å²) in [4.78, 5) is 16.9. The molecule has 0 saturated carbocycles. The van der Waals surface area contributed by atoms with Gasteiger partial charge in [0.1, 0.15) is 0 Å². The van der Waals surface area contributed by atoms with Crippen molar-refractivity contribution in [3.63, 3.8) is 0 Å². The fourth-order valence-corrected chi connectivity index (χ4v) is 4.07. The highest BCUT2D eigenvalue weighted by atomic mass is 79.9. The quantitative estimate of drug-likeness (QED) is 0.529. The smallest absolute Gasteiger partial charge is 0.298 e. The lowest BCUT2D eigenvalue weighted by atomic mass is 9.96. The Morgan fingerprint density at radius 2 is 1.30 bits per heavy atom. The number of carbonyl (C=O) groups is 1. The van der Waals surface area contributed by atoms with Crippen LogP contribution in [0.5, 0.6) is 0 Å². The lowest BCUT2D eigenvalue weighted by molar-refractivity contribution is -0.127. The molecule has 1 amide bonds. The number of amides is 1. The van der Waals surface area contributed by atoms with Crippen LogP contribution in [0.25, 0.3) is 0 Å². The van der Waals surface area contributed by atoms with Crippen LogP contribution >= 0.6 is 15.9 Å². The molecule has 3 nitrogen and oxygen atoms in total. The van der Waals surface area contributed by atoms with Crippen LogP contribution in [0.3, 0.4) is 0 Å². The van der Waals surface area contributed by atoms with Gasteiger partial charge < -0.3 is 4.90 Å². The Kier molecular flexibility index (Phi) is 6.63. The molecule has 1 saturated heterocycles. The number of halogens is 1. The second kappa shape index (κ2) is 9.75. The van der Waals surface area contributed by atoms with Gasteiger partial charge in [-0.25, -0.2) is 0 Å². The number of carbonyl (C=O) groups excluding carboxylic acids is 1. The van der Waals surface area contributed by atoms with Gasteiger partial charge in [-0.2, -0.15) is 0 Å². The van der Waals surface area contributed by atoms with Crippen molar-refractivity contribution in [1.82, 2.24) is 9.80 Å². The van der Waals surface area contributed by atoms with Crippen LogP contribution in [0.4, 0.5) is 0 Å². The van der Waals surface area contributed by atoms with Gasteiger partial charge in [-0.15, -0.1) is 0 Å². The molecule has 0 radical (unpaired) electrons. The first-order valence-corrected chi connectivity index (χ1v) is 10.9. The Labute approximate surface area is 186 Å². The normalized spacial score (nSPS) is 14.3. The number of piperazine rings is 1. The van der Waals surface area contributed by atoms with Crippen molar-refractivity contribution in [3.05, 3.63) is 106 Å². The van der Waals surface area contributed by atoms with Gasteiger partial charge in [-0.3, -0.25) is 9.69 Å². The molecule has 0 atom stereocenters. The number of hydrogen-bond donors (Lipinski definition) is 0. The first-order valence-electron chi connectivity index (χ1n) is 10.1. The van der Waals surface area contributed by atoms with Gasteiger partial charge in [0.25, 0.3) is 5.91 Å². The lowest BCUT2D eigenvalue weighted by Crippen LogP contribution is -2.49. The van der Waals surface area contributed by atoms with Crippen LogP contribution in [0, 0.1) is 11.8 Å². The van der Waals surface area contributed by atoms with E-state index >= 15 is 0 Å². The monoisotopic (exact) mass is 458 g/mol. The highest BCUT2D eigenvalue weighted by molar-refractivity contribution is 9.10. The minimum Gasteiger partial charge on any atom is -0.329 e. The van der Waals surface area contributed by atoms with E-state index in [0.717, 1.165) is 23.1 Å². The van der Waals surface area contributed by atoms with Crippen LogP contribution in [-0.2, 0) is 4.79 Å². The fraction of sp³-hybridized carbons (Fsp3) is 0.192. The van der Waals surface area contributed by atoms with E-state index < -0.39 is 0 Å². The van der Waals surface area contributed by atoms with Crippen LogP contribution in [0.1, 0.15) is 22.7 Å². The highest BCUT2D eigenvalue weighted by Crippen LogP contribution is 2.29. The Morgan fingerprint density at radius 3 is 1.83 bits per heavy atom. The summed E-state index contributed by atoms with van der Waals surface area (Å²) in [6, 6.07) is 29.0. The van der Waals surface area contributed by atoms with Crippen molar-refractivity contribution in [2.45, 2.75) is 6.04 Å². The zero-order valence-corrected chi connectivity index (χ0v) is 18.3. The van der Waals surface area contributed by atoms with E-state index in [2.05, 4.69) is 81.2 Å². The van der Waals surface area contributed by atoms with E-state index in [9.17, 15) is 4.79 Å². The second-order valence-electron chi connectivity index (χ2n) is 7.31. The molecule has 0 aromatic heterocycles. The zero-order valence-electron chi connectivity index (χ0n) is 16.7. The van der Waals surface area contributed by atoms with E-state index in [4.69, 9.17) is 0 Å². The maximum atomic E-state index is 12.6. The van der Waals surface area contributed by atoms with Crippen LogP contribution in [-0.4, -0.2) is 41.9 Å². The first kappa shape index (κ1) is 20.4. The number of nitrogens with zero attached hydrogens (tertiary/aromatic N) is 2. The van der Waals surface area contributed by atoms with Gasteiger partial charge in [0.2, 0.25) is 0 Å². The van der Waals surface area contributed by atoms with Gasteiger partial charge >= 0.3 is 0 Å². The van der Waals surface area contributed by atoms with Crippen molar-refractivity contribution in [2.24, 2.45) is 0 Å².